The summed E-state index contributed by atoms with van der Waals surface area (Å²) in [4.78, 5) is 11.9. The van der Waals surface area contributed by atoms with E-state index in [0.29, 0.717) is 11.3 Å². The smallest absolute Gasteiger partial charge is 0.167 e. The number of rotatable bonds is 3. The monoisotopic (exact) mass is 227 g/mol. The standard InChI is InChI=1S/C14H13NO2/c15-13-4-2-1-3-11(13)9-14(17)10-5-7-12(16)8-6-10/h1-8,16H,9,15H2. The minimum Gasteiger partial charge on any atom is -0.508 e. The number of anilines is 1. The highest BCUT2D eigenvalue weighted by Gasteiger charge is 2.08. The minimum atomic E-state index is -0.0112. The molecule has 0 aliphatic carbocycles. The van der Waals surface area contributed by atoms with Crippen LogP contribution in [-0.4, -0.2) is 10.9 Å². The number of para-hydroxylation sites is 1. The van der Waals surface area contributed by atoms with Crippen LogP contribution in [0.4, 0.5) is 5.69 Å². The van der Waals surface area contributed by atoms with E-state index in [0.717, 1.165) is 5.56 Å². The number of carbonyl (C=O) groups excluding carboxylic acids is 1. The second-order valence-corrected chi connectivity index (χ2v) is 3.85. The molecule has 0 atom stereocenters. The highest BCUT2D eigenvalue weighted by molar-refractivity contribution is 5.98. The van der Waals surface area contributed by atoms with Gasteiger partial charge in [-0.3, -0.25) is 4.79 Å². The zero-order chi connectivity index (χ0) is 12.3. The van der Waals surface area contributed by atoms with Gasteiger partial charge in [0.2, 0.25) is 0 Å². The van der Waals surface area contributed by atoms with Gasteiger partial charge in [0.15, 0.2) is 5.78 Å². The normalized spacial score (nSPS) is 10.1. The van der Waals surface area contributed by atoms with Gasteiger partial charge < -0.3 is 10.8 Å². The molecular weight excluding hydrogens is 214 g/mol. The molecule has 0 aromatic heterocycles. The van der Waals surface area contributed by atoms with Crippen molar-refractivity contribution in [3.05, 3.63) is 59.7 Å². The molecule has 0 heterocycles. The van der Waals surface area contributed by atoms with Gasteiger partial charge in [-0.25, -0.2) is 0 Å². The van der Waals surface area contributed by atoms with Crippen molar-refractivity contribution in [2.45, 2.75) is 6.42 Å². The van der Waals surface area contributed by atoms with Crippen molar-refractivity contribution in [2.24, 2.45) is 0 Å². The second kappa shape index (κ2) is 4.70. The summed E-state index contributed by atoms with van der Waals surface area (Å²) in [5.74, 6) is 0.142. The highest BCUT2D eigenvalue weighted by Crippen LogP contribution is 2.15. The first-order valence-electron chi connectivity index (χ1n) is 5.32. The van der Waals surface area contributed by atoms with Crippen molar-refractivity contribution in [3.8, 4) is 5.75 Å². The molecule has 0 fully saturated rings. The topological polar surface area (TPSA) is 63.3 Å². The van der Waals surface area contributed by atoms with Crippen molar-refractivity contribution in [1.29, 1.82) is 0 Å². The predicted octanol–water partition coefficient (Wildman–Crippen LogP) is 2.40. The van der Waals surface area contributed by atoms with Gasteiger partial charge in [-0.1, -0.05) is 18.2 Å². The van der Waals surface area contributed by atoms with Crippen LogP contribution < -0.4 is 5.73 Å². The summed E-state index contributed by atoms with van der Waals surface area (Å²) in [5.41, 5.74) is 7.80. The van der Waals surface area contributed by atoms with Crippen molar-refractivity contribution in [3.63, 3.8) is 0 Å². The Labute approximate surface area is 99.5 Å². The summed E-state index contributed by atoms with van der Waals surface area (Å²) in [5, 5.41) is 9.14. The fourth-order valence-electron chi connectivity index (χ4n) is 1.62. The molecule has 0 radical (unpaired) electrons. The molecule has 2 aromatic rings. The zero-order valence-electron chi connectivity index (χ0n) is 9.26. The van der Waals surface area contributed by atoms with Crippen LogP contribution in [0.15, 0.2) is 48.5 Å². The summed E-state index contributed by atoms with van der Waals surface area (Å²) in [6, 6.07) is 13.5. The average Bonchev–Trinajstić information content (AvgIpc) is 2.33. The largest absolute Gasteiger partial charge is 0.508 e. The first kappa shape index (κ1) is 11.2. The van der Waals surface area contributed by atoms with Gasteiger partial charge in [-0.2, -0.15) is 0 Å². The Bertz CT molecular complexity index is 532. The number of nitrogen functional groups attached to an aromatic ring is 1. The van der Waals surface area contributed by atoms with E-state index in [1.165, 1.54) is 12.1 Å². The van der Waals surface area contributed by atoms with Crippen molar-refractivity contribution < 1.29 is 9.90 Å². The summed E-state index contributed by atoms with van der Waals surface area (Å²) in [6.45, 7) is 0. The third-order valence-electron chi connectivity index (χ3n) is 2.60. The number of phenolic OH excluding ortho intramolecular Hbond substituents is 1. The zero-order valence-corrected chi connectivity index (χ0v) is 9.26. The molecule has 2 aromatic carbocycles. The third-order valence-corrected chi connectivity index (χ3v) is 2.60. The molecule has 86 valence electrons. The lowest BCUT2D eigenvalue weighted by molar-refractivity contribution is 0.0993. The minimum absolute atomic E-state index is 0.0112. The fraction of sp³-hybridized carbons (Fsp3) is 0.0714. The first-order valence-corrected chi connectivity index (χ1v) is 5.32. The molecule has 0 unspecified atom stereocenters. The Balaban J connectivity index is 2.17. The molecule has 17 heavy (non-hydrogen) atoms. The quantitative estimate of drug-likeness (QED) is 0.625. The van der Waals surface area contributed by atoms with Crippen LogP contribution in [0.5, 0.6) is 5.75 Å². The lowest BCUT2D eigenvalue weighted by Gasteiger charge is -2.04. The van der Waals surface area contributed by atoms with Gasteiger partial charge in [-0.05, 0) is 35.9 Å². The van der Waals surface area contributed by atoms with E-state index in [9.17, 15) is 4.79 Å². The maximum atomic E-state index is 11.9. The van der Waals surface area contributed by atoms with Crippen LogP contribution in [0.25, 0.3) is 0 Å². The average molecular weight is 227 g/mol. The number of ketones is 1. The lowest BCUT2D eigenvalue weighted by Crippen LogP contribution is -2.05. The summed E-state index contributed by atoms with van der Waals surface area (Å²) < 4.78 is 0. The number of nitrogens with two attached hydrogens (primary N) is 1. The van der Waals surface area contributed by atoms with Crippen LogP contribution in [0.1, 0.15) is 15.9 Å². The van der Waals surface area contributed by atoms with E-state index in [1.807, 2.05) is 18.2 Å². The number of carbonyl (C=O) groups is 1. The van der Waals surface area contributed by atoms with E-state index in [4.69, 9.17) is 10.8 Å². The Hall–Kier alpha value is -2.29. The first-order chi connectivity index (χ1) is 8.16. The molecule has 0 aliphatic rings. The summed E-state index contributed by atoms with van der Waals surface area (Å²) in [6.07, 6.45) is 0.275. The second-order valence-electron chi connectivity index (χ2n) is 3.85. The van der Waals surface area contributed by atoms with Gasteiger partial charge in [0.1, 0.15) is 5.75 Å². The van der Waals surface area contributed by atoms with Crippen LogP contribution in [-0.2, 0) is 6.42 Å². The van der Waals surface area contributed by atoms with Crippen molar-refractivity contribution in [2.75, 3.05) is 5.73 Å². The number of aromatic hydroxyl groups is 1. The number of benzene rings is 2. The molecular formula is C14H13NO2. The molecule has 0 aliphatic heterocycles. The van der Waals surface area contributed by atoms with E-state index in [-0.39, 0.29) is 18.0 Å². The fourth-order valence-corrected chi connectivity index (χ4v) is 1.62. The number of phenols is 1. The molecule has 0 saturated heterocycles. The van der Waals surface area contributed by atoms with Crippen LogP contribution in [0.2, 0.25) is 0 Å². The van der Waals surface area contributed by atoms with Crippen LogP contribution in [0.3, 0.4) is 0 Å². The lowest BCUT2D eigenvalue weighted by atomic mass is 10.0. The van der Waals surface area contributed by atoms with Crippen molar-refractivity contribution >= 4 is 11.5 Å². The molecule has 0 bridgehead atoms. The predicted molar refractivity (Wildman–Crippen MR) is 67.0 cm³/mol. The third kappa shape index (κ3) is 2.64. The SMILES string of the molecule is Nc1ccccc1CC(=O)c1ccc(O)cc1. The van der Waals surface area contributed by atoms with Crippen LogP contribution in [0, 0.1) is 0 Å². The van der Waals surface area contributed by atoms with E-state index >= 15 is 0 Å². The molecule has 3 nitrogen and oxygen atoms in total. The number of hydrogen-bond donors (Lipinski definition) is 2. The van der Waals surface area contributed by atoms with Gasteiger partial charge in [0.05, 0.1) is 0 Å². The summed E-state index contributed by atoms with van der Waals surface area (Å²) >= 11 is 0. The molecule has 3 N–H and O–H groups in total. The Kier molecular flexibility index (Phi) is 3.10. The van der Waals surface area contributed by atoms with E-state index in [2.05, 4.69) is 0 Å². The maximum absolute atomic E-state index is 11.9. The molecule has 2 rings (SSSR count). The Morgan fingerprint density at radius 3 is 2.35 bits per heavy atom. The van der Waals surface area contributed by atoms with Gasteiger partial charge in [0, 0.05) is 17.7 Å². The Morgan fingerprint density at radius 1 is 1.06 bits per heavy atom. The maximum Gasteiger partial charge on any atom is 0.167 e. The Morgan fingerprint density at radius 2 is 1.71 bits per heavy atom. The number of hydrogen-bond acceptors (Lipinski definition) is 3. The molecule has 0 amide bonds. The molecule has 0 spiro atoms. The molecule has 0 saturated carbocycles. The van der Waals surface area contributed by atoms with Crippen LogP contribution >= 0.6 is 0 Å². The van der Waals surface area contributed by atoms with Gasteiger partial charge >= 0.3 is 0 Å². The highest BCUT2D eigenvalue weighted by atomic mass is 16.3. The van der Waals surface area contributed by atoms with Gasteiger partial charge in [-0.15, -0.1) is 0 Å². The van der Waals surface area contributed by atoms with Crippen molar-refractivity contribution in [1.82, 2.24) is 0 Å². The summed E-state index contributed by atoms with van der Waals surface area (Å²) in [7, 11) is 0. The van der Waals surface area contributed by atoms with E-state index in [1.54, 1.807) is 18.2 Å². The molecule has 3 heteroatoms. The van der Waals surface area contributed by atoms with Gasteiger partial charge in [0.25, 0.3) is 0 Å². The van der Waals surface area contributed by atoms with E-state index < -0.39 is 0 Å². The number of Topliss-reactive ketones (excluding diaryl/α,β-unsaturated/α-hetero) is 1.